The number of rotatable bonds is 18. The Bertz CT molecular complexity index is 657. The van der Waals surface area contributed by atoms with Crippen molar-refractivity contribution in [2.24, 2.45) is 17.6 Å². The fourth-order valence-corrected chi connectivity index (χ4v) is 3.85. The number of ether oxygens (including phenoxy) is 2. The molecule has 4 N–H and O–H groups in total. The summed E-state index contributed by atoms with van der Waals surface area (Å²) in [4.78, 5) is 34.7. The van der Waals surface area contributed by atoms with E-state index in [1.807, 2.05) is 19.9 Å². The van der Waals surface area contributed by atoms with Gasteiger partial charge in [0.1, 0.15) is 6.29 Å². The molecule has 1 atom stereocenters. The van der Waals surface area contributed by atoms with E-state index < -0.39 is 0 Å². The van der Waals surface area contributed by atoms with Gasteiger partial charge in [0.2, 0.25) is 11.8 Å². The number of nitrogens with one attached hydrogen (secondary N) is 2. The predicted molar refractivity (Wildman–Crippen MR) is 134 cm³/mol. The van der Waals surface area contributed by atoms with Crippen LogP contribution in [-0.4, -0.2) is 63.7 Å². The number of nitrogens with two attached hydrogens (primary N) is 1. The molecule has 1 saturated carbocycles. The van der Waals surface area contributed by atoms with E-state index in [-0.39, 0.29) is 29.7 Å². The lowest BCUT2D eigenvalue weighted by Crippen LogP contribution is -2.35. The Morgan fingerprint density at radius 1 is 1.03 bits per heavy atom. The first-order chi connectivity index (χ1) is 16.4. The van der Waals surface area contributed by atoms with E-state index in [2.05, 4.69) is 17.2 Å². The number of unbranched alkanes of at least 4 members (excludes halogenated alkanes) is 1. The molecule has 0 bridgehead atoms. The molecule has 0 aromatic rings. The lowest BCUT2D eigenvalue weighted by molar-refractivity contribution is -0.127. The fourth-order valence-electron chi connectivity index (χ4n) is 3.85. The number of carbonyl (C=O) groups is 3. The summed E-state index contributed by atoms with van der Waals surface area (Å²) in [7, 11) is 0. The third-order valence-electron chi connectivity index (χ3n) is 6.38. The standard InChI is InChI=1S/C26H45N3O5/c1-4-20(2)21(3)24(27)7-5-6-13-28-25(31)12-15-33-17-18-34-16-14-29-26(32)23-10-8-22(19-30)9-11-23/h4,19,22-24H,3,5-18,27H2,1-2H3,(H,28,31)(H,29,32). The van der Waals surface area contributed by atoms with Crippen LogP contribution in [0.4, 0.5) is 0 Å². The van der Waals surface area contributed by atoms with Crippen LogP contribution in [0, 0.1) is 11.8 Å². The predicted octanol–water partition coefficient (Wildman–Crippen LogP) is 2.67. The Hall–Kier alpha value is -2.03. The second-order valence-corrected chi connectivity index (χ2v) is 8.96. The van der Waals surface area contributed by atoms with E-state index >= 15 is 0 Å². The summed E-state index contributed by atoms with van der Waals surface area (Å²) in [5, 5.41) is 5.79. The average molecular weight is 480 g/mol. The summed E-state index contributed by atoms with van der Waals surface area (Å²) in [5.74, 6) is 0.152. The molecule has 0 saturated heterocycles. The van der Waals surface area contributed by atoms with Crippen molar-refractivity contribution in [3.63, 3.8) is 0 Å². The maximum absolute atomic E-state index is 12.1. The van der Waals surface area contributed by atoms with E-state index in [0.717, 1.165) is 62.4 Å². The zero-order valence-electron chi connectivity index (χ0n) is 21.1. The van der Waals surface area contributed by atoms with Crippen molar-refractivity contribution in [2.75, 3.05) is 39.5 Å². The molecule has 0 heterocycles. The molecule has 1 fully saturated rings. The SMILES string of the molecule is C=C(C(C)=CC)C(N)CCCCNC(=O)CCOCCOCCNC(=O)C1CCC(C=O)CC1. The van der Waals surface area contributed by atoms with Gasteiger partial charge in [-0.3, -0.25) is 9.59 Å². The second-order valence-electron chi connectivity index (χ2n) is 8.96. The summed E-state index contributed by atoms with van der Waals surface area (Å²) in [6.07, 6.45) is 9.17. The van der Waals surface area contributed by atoms with Gasteiger partial charge in [-0.05, 0) is 64.4 Å². The molecule has 34 heavy (non-hydrogen) atoms. The van der Waals surface area contributed by atoms with E-state index in [0.29, 0.717) is 45.9 Å². The Morgan fingerprint density at radius 2 is 1.71 bits per heavy atom. The molecule has 0 radical (unpaired) electrons. The van der Waals surface area contributed by atoms with Crippen LogP contribution in [-0.2, 0) is 23.9 Å². The highest BCUT2D eigenvalue weighted by Gasteiger charge is 2.25. The molecule has 1 aliphatic carbocycles. The molecule has 194 valence electrons. The highest BCUT2D eigenvalue weighted by molar-refractivity contribution is 5.78. The molecule has 2 amide bonds. The zero-order valence-corrected chi connectivity index (χ0v) is 21.1. The van der Waals surface area contributed by atoms with Gasteiger partial charge in [0, 0.05) is 37.4 Å². The highest BCUT2D eigenvalue weighted by Crippen LogP contribution is 2.27. The van der Waals surface area contributed by atoms with Gasteiger partial charge in [0.05, 0.1) is 26.4 Å². The minimum Gasteiger partial charge on any atom is -0.379 e. The first-order valence-corrected chi connectivity index (χ1v) is 12.6. The zero-order chi connectivity index (χ0) is 25.2. The average Bonchev–Trinajstić information content (AvgIpc) is 2.86. The van der Waals surface area contributed by atoms with Crippen molar-refractivity contribution in [3.8, 4) is 0 Å². The number of hydrogen-bond acceptors (Lipinski definition) is 6. The van der Waals surface area contributed by atoms with E-state index in [4.69, 9.17) is 15.2 Å². The van der Waals surface area contributed by atoms with Crippen molar-refractivity contribution < 1.29 is 23.9 Å². The molecule has 0 aliphatic heterocycles. The van der Waals surface area contributed by atoms with Crippen molar-refractivity contribution in [1.29, 1.82) is 0 Å². The van der Waals surface area contributed by atoms with Gasteiger partial charge in [-0.25, -0.2) is 0 Å². The first kappa shape index (κ1) is 30.0. The van der Waals surface area contributed by atoms with Gasteiger partial charge in [-0.2, -0.15) is 0 Å². The second kappa shape index (κ2) is 18.3. The number of allylic oxidation sites excluding steroid dienone is 1. The number of carbonyl (C=O) groups excluding carboxylic acids is 3. The van der Waals surface area contributed by atoms with Gasteiger partial charge >= 0.3 is 0 Å². The Labute approximate surface area is 205 Å². The van der Waals surface area contributed by atoms with Crippen LogP contribution in [0.2, 0.25) is 0 Å². The summed E-state index contributed by atoms with van der Waals surface area (Å²) in [5.41, 5.74) is 8.24. The smallest absolute Gasteiger partial charge is 0.223 e. The molecule has 1 unspecified atom stereocenters. The van der Waals surface area contributed by atoms with Crippen LogP contribution in [0.25, 0.3) is 0 Å². The summed E-state index contributed by atoms with van der Waals surface area (Å²) < 4.78 is 10.9. The minimum absolute atomic E-state index is 0.00995. The van der Waals surface area contributed by atoms with Crippen molar-refractivity contribution in [1.82, 2.24) is 10.6 Å². The lowest BCUT2D eigenvalue weighted by atomic mass is 9.82. The Kier molecular flexibility index (Phi) is 16.2. The van der Waals surface area contributed by atoms with Crippen LogP contribution < -0.4 is 16.4 Å². The van der Waals surface area contributed by atoms with Gasteiger partial charge < -0.3 is 30.6 Å². The molecule has 8 heteroatoms. The Morgan fingerprint density at radius 3 is 2.35 bits per heavy atom. The normalized spacial score (nSPS) is 19.3. The third kappa shape index (κ3) is 13.0. The Balaban J connectivity index is 1.90. The van der Waals surface area contributed by atoms with Crippen molar-refractivity contribution in [2.45, 2.75) is 71.3 Å². The van der Waals surface area contributed by atoms with Gasteiger partial charge in [0.25, 0.3) is 0 Å². The molecule has 0 aromatic heterocycles. The molecule has 8 nitrogen and oxygen atoms in total. The van der Waals surface area contributed by atoms with Crippen molar-refractivity contribution in [3.05, 3.63) is 23.8 Å². The summed E-state index contributed by atoms with van der Waals surface area (Å²) >= 11 is 0. The number of aldehydes is 1. The van der Waals surface area contributed by atoms with Crippen LogP contribution in [0.15, 0.2) is 23.8 Å². The van der Waals surface area contributed by atoms with E-state index in [1.165, 1.54) is 0 Å². The summed E-state index contributed by atoms with van der Waals surface area (Å²) in [6.45, 7) is 10.7. The molecule has 0 spiro atoms. The molecule has 1 rings (SSSR count). The maximum Gasteiger partial charge on any atom is 0.223 e. The minimum atomic E-state index is -0.0342. The topological polar surface area (TPSA) is 120 Å². The molecule has 1 aliphatic rings. The highest BCUT2D eigenvalue weighted by atomic mass is 16.5. The van der Waals surface area contributed by atoms with Gasteiger partial charge in [-0.1, -0.05) is 18.2 Å². The fraction of sp³-hybridized carbons (Fsp3) is 0.731. The van der Waals surface area contributed by atoms with E-state index in [1.54, 1.807) is 0 Å². The van der Waals surface area contributed by atoms with Crippen molar-refractivity contribution >= 4 is 18.1 Å². The van der Waals surface area contributed by atoms with Gasteiger partial charge in [0.15, 0.2) is 0 Å². The summed E-state index contributed by atoms with van der Waals surface area (Å²) in [6, 6.07) is -0.0342. The third-order valence-corrected chi connectivity index (χ3v) is 6.38. The van der Waals surface area contributed by atoms with Crippen LogP contribution >= 0.6 is 0 Å². The number of amides is 2. The van der Waals surface area contributed by atoms with Crippen LogP contribution in [0.1, 0.15) is 65.2 Å². The lowest BCUT2D eigenvalue weighted by Gasteiger charge is -2.24. The monoisotopic (exact) mass is 479 g/mol. The van der Waals surface area contributed by atoms with Gasteiger partial charge in [-0.15, -0.1) is 0 Å². The molecular weight excluding hydrogens is 434 g/mol. The first-order valence-electron chi connectivity index (χ1n) is 12.6. The van der Waals surface area contributed by atoms with Crippen LogP contribution in [0.5, 0.6) is 0 Å². The quantitative estimate of drug-likeness (QED) is 0.158. The maximum atomic E-state index is 12.1. The largest absolute Gasteiger partial charge is 0.379 e. The molecule has 0 aromatic carbocycles. The van der Waals surface area contributed by atoms with Crippen LogP contribution in [0.3, 0.4) is 0 Å². The number of hydrogen-bond donors (Lipinski definition) is 3. The molecular formula is C26H45N3O5. The van der Waals surface area contributed by atoms with E-state index in [9.17, 15) is 14.4 Å².